The number of hydrogen-bond acceptors (Lipinski definition) is 4. The van der Waals surface area contributed by atoms with Crippen LogP contribution >= 0.6 is 0 Å². The van der Waals surface area contributed by atoms with Crippen molar-refractivity contribution >= 4 is 11.9 Å². The van der Waals surface area contributed by atoms with E-state index in [1.807, 2.05) is 0 Å². The lowest BCUT2D eigenvalue weighted by Crippen LogP contribution is -2.33. The molecule has 0 aromatic carbocycles. The number of ether oxygens (including phenoxy) is 1. The summed E-state index contributed by atoms with van der Waals surface area (Å²) in [5, 5.41) is 11.5. The minimum Gasteiger partial charge on any atom is -0.481 e. The molecule has 1 rings (SSSR count). The number of carbonyl (C=O) groups is 2. The highest BCUT2D eigenvalue weighted by Crippen LogP contribution is 2.08. The molecule has 1 fully saturated rings. The molecule has 2 N–H and O–H groups in total. The Hall–Kier alpha value is -1.10. The Kier molecular flexibility index (Phi) is 4.55. The molecule has 0 aromatic rings. The van der Waals surface area contributed by atoms with E-state index in [1.165, 1.54) is 0 Å². The summed E-state index contributed by atoms with van der Waals surface area (Å²) in [5.74, 6) is -1.25. The molecule has 5 heteroatoms. The lowest BCUT2D eigenvalue weighted by atomic mass is 10.1. The molecule has 1 heterocycles. The van der Waals surface area contributed by atoms with Gasteiger partial charge in [0.25, 0.3) is 0 Å². The van der Waals surface area contributed by atoms with Crippen LogP contribution in [-0.4, -0.2) is 36.2 Å². The standard InChI is InChI=1S/C10H17NO4/c1-7(5-9(12)13)6-15-10(14)8-3-2-4-11-8/h7-8,11H,2-6H2,1H3,(H,12,13)/t7?,8-/m0/s1. The van der Waals surface area contributed by atoms with Crippen molar-refractivity contribution in [2.75, 3.05) is 13.2 Å². The van der Waals surface area contributed by atoms with Gasteiger partial charge in [0, 0.05) is 5.92 Å². The molecular formula is C10H17NO4. The first-order valence-corrected chi connectivity index (χ1v) is 5.21. The molecule has 0 bridgehead atoms. The molecular weight excluding hydrogens is 198 g/mol. The van der Waals surface area contributed by atoms with Crippen LogP contribution in [0.2, 0.25) is 0 Å². The van der Waals surface area contributed by atoms with Crippen LogP contribution in [-0.2, 0) is 14.3 Å². The molecule has 0 amide bonds. The van der Waals surface area contributed by atoms with Crippen LogP contribution in [0.15, 0.2) is 0 Å². The van der Waals surface area contributed by atoms with E-state index >= 15 is 0 Å². The summed E-state index contributed by atoms with van der Waals surface area (Å²) >= 11 is 0. The summed E-state index contributed by atoms with van der Waals surface area (Å²) in [5.41, 5.74) is 0. The van der Waals surface area contributed by atoms with E-state index in [4.69, 9.17) is 9.84 Å². The Morgan fingerprint density at radius 3 is 2.87 bits per heavy atom. The van der Waals surface area contributed by atoms with Crippen LogP contribution < -0.4 is 5.32 Å². The first-order valence-electron chi connectivity index (χ1n) is 5.21. The topological polar surface area (TPSA) is 75.6 Å². The van der Waals surface area contributed by atoms with Gasteiger partial charge in [0.15, 0.2) is 0 Å². The fraction of sp³-hybridized carbons (Fsp3) is 0.800. The smallest absolute Gasteiger partial charge is 0.323 e. The third-order valence-corrected chi connectivity index (χ3v) is 2.38. The normalized spacial score (nSPS) is 22.3. The second-order valence-electron chi connectivity index (χ2n) is 3.98. The number of carboxylic acids is 1. The molecule has 0 radical (unpaired) electrons. The molecule has 0 spiro atoms. The molecule has 0 aliphatic carbocycles. The van der Waals surface area contributed by atoms with Crippen molar-refractivity contribution in [2.45, 2.75) is 32.2 Å². The number of carboxylic acid groups (broad SMARTS) is 1. The second kappa shape index (κ2) is 5.70. The average molecular weight is 215 g/mol. The summed E-state index contributed by atoms with van der Waals surface area (Å²) in [6, 6.07) is -0.193. The van der Waals surface area contributed by atoms with E-state index in [0.29, 0.717) is 0 Å². The van der Waals surface area contributed by atoms with Gasteiger partial charge < -0.3 is 15.2 Å². The first-order chi connectivity index (χ1) is 7.09. The molecule has 0 aromatic heterocycles. The molecule has 0 saturated carbocycles. The molecule has 2 atom stereocenters. The van der Waals surface area contributed by atoms with E-state index in [9.17, 15) is 9.59 Å². The lowest BCUT2D eigenvalue weighted by Gasteiger charge is -2.13. The quantitative estimate of drug-likeness (QED) is 0.649. The van der Waals surface area contributed by atoms with Crippen LogP contribution in [0.3, 0.4) is 0 Å². The summed E-state index contributed by atoms with van der Waals surface area (Å²) < 4.78 is 5.02. The van der Waals surface area contributed by atoms with Gasteiger partial charge >= 0.3 is 11.9 Å². The monoisotopic (exact) mass is 215 g/mol. The van der Waals surface area contributed by atoms with Gasteiger partial charge in [0.1, 0.15) is 6.04 Å². The zero-order valence-electron chi connectivity index (χ0n) is 8.86. The number of nitrogens with one attached hydrogen (secondary N) is 1. The zero-order chi connectivity index (χ0) is 11.3. The molecule has 1 saturated heterocycles. The molecule has 15 heavy (non-hydrogen) atoms. The third-order valence-electron chi connectivity index (χ3n) is 2.38. The number of rotatable bonds is 5. The highest BCUT2D eigenvalue weighted by Gasteiger charge is 2.23. The Morgan fingerprint density at radius 2 is 2.33 bits per heavy atom. The summed E-state index contributed by atoms with van der Waals surface area (Å²) in [7, 11) is 0. The predicted octanol–water partition coefficient (Wildman–Crippen LogP) is 0.392. The highest BCUT2D eigenvalue weighted by atomic mass is 16.5. The van der Waals surface area contributed by atoms with Gasteiger partial charge in [-0.15, -0.1) is 0 Å². The minimum absolute atomic E-state index is 0.0331. The number of esters is 1. The van der Waals surface area contributed by atoms with Crippen LogP contribution in [0.25, 0.3) is 0 Å². The molecule has 1 aliphatic rings. The van der Waals surface area contributed by atoms with Gasteiger partial charge in [-0.3, -0.25) is 9.59 Å². The van der Waals surface area contributed by atoms with Crippen molar-refractivity contribution < 1.29 is 19.4 Å². The number of aliphatic carboxylic acids is 1. The summed E-state index contributed by atoms with van der Waals surface area (Å²) in [6.07, 6.45) is 1.84. The Labute approximate surface area is 88.8 Å². The van der Waals surface area contributed by atoms with Crippen LogP contribution in [0.5, 0.6) is 0 Å². The number of hydrogen-bond donors (Lipinski definition) is 2. The zero-order valence-corrected chi connectivity index (χ0v) is 8.86. The van der Waals surface area contributed by atoms with Gasteiger partial charge in [-0.25, -0.2) is 0 Å². The highest BCUT2D eigenvalue weighted by molar-refractivity contribution is 5.76. The second-order valence-corrected chi connectivity index (χ2v) is 3.98. The maximum Gasteiger partial charge on any atom is 0.323 e. The fourth-order valence-electron chi connectivity index (χ4n) is 1.57. The van der Waals surface area contributed by atoms with Crippen molar-refractivity contribution in [3.63, 3.8) is 0 Å². The molecule has 86 valence electrons. The largest absolute Gasteiger partial charge is 0.481 e. The van der Waals surface area contributed by atoms with Crippen molar-refractivity contribution in [1.29, 1.82) is 0 Å². The van der Waals surface area contributed by atoms with E-state index in [0.717, 1.165) is 19.4 Å². The van der Waals surface area contributed by atoms with Crippen molar-refractivity contribution in [2.24, 2.45) is 5.92 Å². The molecule has 1 unspecified atom stereocenters. The van der Waals surface area contributed by atoms with E-state index in [2.05, 4.69) is 5.32 Å². The van der Waals surface area contributed by atoms with Crippen molar-refractivity contribution in [3.05, 3.63) is 0 Å². The van der Waals surface area contributed by atoms with Gasteiger partial charge in [-0.1, -0.05) is 6.92 Å². The summed E-state index contributed by atoms with van der Waals surface area (Å²) in [4.78, 5) is 21.8. The van der Waals surface area contributed by atoms with Gasteiger partial charge in [0.05, 0.1) is 13.0 Å². The van der Waals surface area contributed by atoms with Gasteiger partial charge in [-0.2, -0.15) is 0 Å². The number of carbonyl (C=O) groups excluding carboxylic acids is 1. The lowest BCUT2D eigenvalue weighted by molar-refractivity contribution is -0.149. The first kappa shape index (κ1) is 12.0. The Bertz CT molecular complexity index is 236. The predicted molar refractivity (Wildman–Crippen MR) is 53.4 cm³/mol. The van der Waals surface area contributed by atoms with Crippen molar-refractivity contribution in [1.82, 2.24) is 5.32 Å². The van der Waals surface area contributed by atoms with Crippen LogP contribution in [0, 0.1) is 5.92 Å². The summed E-state index contributed by atoms with van der Waals surface area (Å²) in [6.45, 7) is 2.79. The van der Waals surface area contributed by atoms with E-state index in [1.54, 1.807) is 6.92 Å². The van der Waals surface area contributed by atoms with E-state index < -0.39 is 5.97 Å². The SMILES string of the molecule is CC(COC(=O)[C@@H]1CCCN1)CC(=O)O. The maximum absolute atomic E-state index is 11.4. The fourth-order valence-corrected chi connectivity index (χ4v) is 1.57. The molecule has 1 aliphatic heterocycles. The third kappa shape index (κ3) is 4.29. The maximum atomic E-state index is 11.4. The minimum atomic E-state index is -0.863. The van der Waals surface area contributed by atoms with Gasteiger partial charge in [0.2, 0.25) is 0 Å². The average Bonchev–Trinajstić information content (AvgIpc) is 2.65. The Balaban J connectivity index is 2.18. The van der Waals surface area contributed by atoms with Crippen LogP contribution in [0.1, 0.15) is 26.2 Å². The van der Waals surface area contributed by atoms with E-state index in [-0.39, 0.29) is 31.0 Å². The molecule has 5 nitrogen and oxygen atoms in total. The Morgan fingerprint density at radius 1 is 1.60 bits per heavy atom. The van der Waals surface area contributed by atoms with Crippen molar-refractivity contribution in [3.8, 4) is 0 Å². The van der Waals surface area contributed by atoms with Crippen LogP contribution in [0.4, 0.5) is 0 Å². The van der Waals surface area contributed by atoms with Gasteiger partial charge in [-0.05, 0) is 19.4 Å².